The van der Waals surface area contributed by atoms with Gasteiger partial charge < -0.3 is 14.4 Å². The third-order valence-corrected chi connectivity index (χ3v) is 3.21. The molecule has 17 heavy (non-hydrogen) atoms. The second-order valence-electron chi connectivity index (χ2n) is 3.31. The van der Waals surface area contributed by atoms with Crippen LogP contribution in [-0.4, -0.2) is 31.2 Å². The van der Waals surface area contributed by atoms with Crippen molar-refractivity contribution < 1.29 is 14.3 Å². The predicted octanol–water partition coefficient (Wildman–Crippen LogP) is 3.14. The average molecular weight is 349 g/mol. The maximum absolute atomic E-state index is 11.8. The van der Waals surface area contributed by atoms with Crippen LogP contribution in [0.2, 0.25) is 0 Å². The molecule has 0 aliphatic heterocycles. The van der Waals surface area contributed by atoms with Gasteiger partial charge in [-0.05, 0) is 48.6 Å². The standard InChI is InChI=1S/C12H16INO3/c1-4-14(5-2)12(15)17-11-9(13)7-6-8-10(11)16-3/h6-8H,4-5H2,1-3H3. The summed E-state index contributed by atoms with van der Waals surface area (Å²) in [5.41, 5.74) is 0. The van der Waals surface area contributed by atoms with Crippen molar-refractivity contribution >= 4 is 28.7 Å². The quantitative estimate of drug-likeness (QED) is 0.784. The normalized spacial score (nSPS) is 9.88. The van der Waals surface area contributed by atoms with E-state index in [9.17, 15) is 4.79 Å². The lowest BCUT2D eigenvalue weighted by molar-refractivity contribution is 0.155. The summed E-state index contributed by atoms with van der Waals surface area (Å²) in [6.45, 7) is 5.08. The van der Waals surface area contributed by atoms with Gasteiger partial charge in [0.15, 0.2) is 11.5 Å². The summed E-state index contributed by atoms with van der Waals surface area (Å²) < 4.78 is 11.4. The van der Waals surface area contributed by atoms with Gasteiger partial charge in [-0.1, -0.05) is 6.07 Å². The summed E-state index contributed by atoms with van der Waals surface area (Å²) in [5, 5.41) is 0. The predicted molar refractivity (Wildman–Crippen MR) is 74.7 cm³/mol. The molecule has 5 heteroatoms. The van der Waals surface area contributed by atoms with Crippen LogP contribution in [0.1, 0.15) is 13.8 Å². The summed E-state index contributed by atoms with van der Waals surface area (Å²) in [4.78, 5) is 13.5. The van der Waals surface area contributed by atoms with E-state index in [0.717, 1.165) is 3.57 Å². The topological polar surface area (TPSA) is 38.8 Å². The molecule has 0 fully saturated rings. The van der Waals surface area contributed by atoms with Gasteiger partial charge in [-0.3, -0.25) is 0 Å². The Hall–Kier alpha value is -0.980. The number of rotatable bonds is 4. The number of methoxy groups -OCH3 is 1. The lowest BCUT2D eigenvalue weighted by atomic mass is 10.3. The summed E-state index contributed by atoms with van der Waals surface area (Å²) in [5.74, 6) is 1.05. The number of carbonyl (C=O) groups excluding carboxylic acids is 1. The molecule has 0 atom stereocenters. The number of ether oxygens (including phenoxy) is 2. The molecule has 0 spiro atoms. The molecule has 0 N–H and O–H groups in total. The van der Waals surface area contributed by atoms with E-state index in [-0.39, 0.29) is 6.09 Å². The molecular weight excluding hydrogens is 333 g/mol. The Morgan fingerprint density at radius 1 is 1.35 bits per heavy atom. The molecule has 1 aromatic carbocycles. The van der Waals surface area contributed by atoms with E-state index in [1.165, 1.54) is 0 Å². The third-order valence-electron chi connectivity index (χ3n) is 2.36. The van der Waals surface area contributed by atoms with Gasteiger partial charge in [-0.25, -0.2) is 4.79 Å². The van der Waals surface area contributed by atoms with Crippen LogP contribution >= 0.6 is 22.6 Å². The summed E-state index contributed by atoms with van der Waals surface area (Å²) >= 11 is 2.11. The van der Waals surface area contributed by atoms with E-state index in [4.69, 9.17) is 9.47 Å². The number of hydrogen-bond donors (Lipinski definition) is 0. The molecule has 0 bridgehead atoms. The molecule has 1 amide bonds. The largest absolute Gasteiger partial charge is 0.493 e. The van der Waals surface area contributed by atoms with E-state index in [0.29, 0.717) is 24.6 Å². The Morgan fingerprint density at radius 2 is 2.00 bits per heavy atom. The molecule has 0 aromatic heterocycles. The number of nitrogens with zero attached hydrogens (tertiary/aromatic N) is 1. The highest BCUT2D eigenvalue weighted by Crippen LogP contribution is 2.32. The second kappa shape index (κ2) is 6.68. The van der Waals surface area contributed by atoms with Crippen molar-refractivity contribution in [1.29, 1.82) is 0 Å². The first-order valence-electron chi connectivity index (χ1n) is 5.43. The van der Waals surface area contributed by atoms with Crippen molar-refractivity contribution in [3.8, 4) is 11.5 Å². The van der Waals surface area contributed by atoms with Crippen LogP contribution in [0.3, 0.4) is 0 Å². The first-order valence-corrected chi connectivity index (χ1v) is 6.51. The minimum Gasteiger partial charge on any atom is -0.493 e. The zero-order valence-electron chi connectivity index (χ0n) is 10.2. The van der Waals surface area contributed by atoms with Crippen molar-refractivity contribution in [2.75, 3.05) is 20.2 Å². The van der Waals surface area contributed by atoms with Crippen LogP contribution in [0.4, 0.5) is 4.79 Å². The number of para-hydroxylation sites is 1. The van der Waals surface area contributed by atoms with Gasteiger partial charge in [-0.2, -0.15) is 0 Å². The van der Waals surface area contributed by atoms with Crippen LogP contribution in [-0.2, 0) is 0 Å². The van der Waals surface area contributed by atoms with Crippen LogP contribution in [0.5, 0.6) is 11.5 Å². The molecular formula is C12H16INO3. The molecule has 4 nitrogen and oxygen atoms in total. The molecule has 0 aliphatic rings. The Morgan fingerprint density at radius 3 is 2.53 bits per heavy atom. The van der Waals surface area contributed by atoms with Crippen molar-refractivity contribution in [2.45, 2.75) is 13.8 Å². The first-order chi connectivity index (χ1) is 8.13. The fourth-order valence-electron chi connectivity index (χ4n) is 1.38. The van der Waals surface area contributed by atoms with E-state index >= 15 is 0 Å². The SMILES string of the molecule is CCN(CC)C(=O)Oc1c(I)cccc1OC. The third kappa shape index (κ3) is 3.49. The van der Waals surface area contributed by atoms with E-state index in [1.54, 1.807) is 18.1 Å². The Balaban J connectivity index is 2.91. The number of amides is 1. The molecule has 1 rings (SSSR count). The van der Waals surface area contributed by atoms with Gasteiger partial charge >= 0.3 is 6.09 Å². The molecule has 0 unspecified atom stereocenters. The van der Waals surface area contributed by atoms with Gasteiger partial charge in [0.05, 0.1) is 10.7 Å². The number of hydrogen-bond acceptors (Lipinski definition) is 3. The van der Waals surface area contributed by atoms with Crippen molar-refractivity contribution in [3.05, 3.63) is 21.8 Å². The zero-order valence-corrected chi connectivity index (χ0v) is 12.4. The first kappa shape index (κ1) is 14.1. The Bertz CT molecular complexity index is 391. The van der Waals surface area contributed by atoms with Crippen LogP contribution in [0.25, 0.3) is 0 Å². The van der Waals surface area contributed by atoms with E-state index in [2.05, 4.69) is 22.6 Å². The fourth-order valence-corrected chi connectivity index (χ4v) is 1.97. The number of benzene rings is 1. The molecule has 0 saturated carbocycles. The van der Waals surface area contributed by atoms with Crippen molar-refractivity contribution in [2.24, 2.45) is 0 Å². The van der Waals surface area contributed by atoms with E-state index in [1.807, 2.05) is 26.0 Å². The van der Waals surface area contributed by atoms with Crippen LogP contribution in [0.15, 0.2) is 18.2 Å². The molecule has 94 valence electrons. The highest BCUT2D eigenvalue weighted by Gasteiger charge is 2.17. The lowest BCUT2D eigenvalue weighted by Gasteiger charge is -2.19. The van der Waals surface area contributed by atoms with Gasteiger partial charge in [-0.15, -0.1) is 0 Å². The number of halogens is 1. The minimum atomic E-state index is -0.350. The molecule has 0 heterocycles. The van der Waals surface area contributed by atoms with Gasteiger partial charge in [0, 0.05) is 13.1 Å². The average Bonchev–Trinajstić information content (AvgIpc) is 2.33. The molecule has 1 aromatic rings. The highest BCUT2D eigenvalue weighted by atomic mass is 127. The van der Waals surface area contributed by atoms with Gasteiger partial charge in [0.1, 0.15) is 0 Å². The maximum atomic E-state index is 11.8. The van der Waals surface area contributed by atoms with E-state index < -0.39 is 0 Å². The molecule has 0 aliphatic carbocycles. The van der Waals surface area contributed by atoms with Crippen LogP contribution < -0.4 is 9.47 Å². The smallest absolute Gasteiger partial charge is 0.415 e. The van der Waals surface area contributed by atoms with Crippen molar-refractivity contribution in [1.82, 2.24) is 4.90 Å². The minimum absolute atomic E-state index is 0.350. The summed E-state index contributed by atoms with van der Waals surface area (Å²) in [7, 11) is 1.56. The number of carbonyl (C=O) groups is 1. The van der Waals surface area contributed by atoms with Gasteiger partial charge in [0.25, 0.3) is 0 Å². The summed E-state index contributed by atoms with van der Waals surface area (Å²) in [6, 6.07) is 5.50. The maximum Gasteiger partial charge on any atom is 0.415 e. The van der Waals surface area contributed by atoms with Crippen molar-refractivity contribution in [3.63, 3.8) is 0 Å². The monoisotopic (exact) mass is 349 g/mol. The highest BCUT2D eigenvalue weighted by molar-refractivity contribution is 14.1. The fraction of sp³-hybridized carbons (Fsp3) is 0.417. The summed E-state index contributed by atoms with van der Waals surface area (Å²) in [6.07, 6.45) is -0.350. The Labute approximate surface area is 115 Å². The zero-order chi connectivity index (χ0) is 12.8. The lowest BCUT2D eigenvalue weighted by Crippen LogP contribution is -2.33. The molecule has 0 radical (unpaired) electrons. The molecule has 0 saturated heterocycles. The van der Waals surface area contributed by atoms with Crippen LogP contribution in [0, 0.1) is 3.57 Å². The van der Waals surface area contributed by atoms with Gasteiger partial charge in [0.2, 0.25) is 0 Å². The Kier molecular flexibility index (Phi) is 5.54. The second-order valence-corrected chi connectivity index (χ2v) is 4.47.